The van der Waals surface area contributed by atoms with E-state index < -0.39 is 54.7 Å². The van der Waals surface area contributed by atoms with Crippen LogP contribution in [0.25, 0.3) is 0 Å². The lowest BCUT2D eigenvalue weighted by Gasteiger charge is -2.37. The fraction of sp³-hybridized carbons (Fsp3) is 0.900. The maximum absolute atomic E-state index is 13.3. The molecule has 0 saturated heterocycles. The van der Waals surface area contributed by atoms with Crippen molar-refractivity contribution in [1.29, 1.82) is 0 Å². The third-order valence-corrected chi connectivity index (χ3v) is 9.94. The Kier molecular flexibility index (Phi) is 13.9. The first-order chi connectivity index (χ1) is 17.0. The lowest BCUT2D eigenvalue weighted by Crippen LogP contribution is -2.48. The lowest BCUT2D eigenvalue weighted by molar-refractivity contribution is -0.189. The standard InChI is InChI=1S/C30H56O7/c1-13-27(10,14-2)21(7)35-24(31)19-30(34,26(33)37-23(9)29(12,17-5)18-6)20-25(32)36-22(8)28(11,15-3)16-4/h21-23,34H,13-20H2,1-12H3. The van der Waals surface area contributed by atoms with Crippen molar-refractivity contribution in [1.82, 2.24) is 0 Å². The molecule has 0 aromatic heterocycles. The molecule has 3 atom stereocenters. The first kappa shape index (κ1) is 35.4. The molecule has 0 aliphatic carbocycles. The van der Waals surface area contributed by atoms with Crippen LogP contribution >= 0.6 is 0 Å². The fourth-order valence-corrected chi connectivity index (χ4v) is 4.33. The molecule has 0 bridgehead atoms. The Bertz CT molecular complexity index is 692. The molecule has 7 nitrogen and oxygen atoms in total. The number of ether oxygens (including phenoxy) is 3. The Morgan fingerprint density at radius 3 is 1.05 bits per heavy atom. The Morgan fingerprint density at radius 2 is 0.811 bits per heavy atom. The lowest BCUT2D eigenvalue weighted by atomic mass is 9.79. The van der Waals surface area contributed by atoms with Crippen molar-refractivity contribution in [2.75, 3.05) is 0 Å². The maximum atomic E-state index is 13.3. The van der Waals surface area contributed by atoms with Gasteiger partial charge in [-0.05, 0) is 59.3 Å². The number of hydrogen-bond acceptors (Lipinski definition) is 7. The van der Waals surface area contributed by atoms with Crippen LogP contribution in [-0.2, 0) is 28.6 Å². The molecule has 7 heteroatoms. The van der Waals surface area contributed by atoms with Gasteiger partial charge in [0.2, 0.25) is 0 Å². The Balaban J connectivity index is 5.94. The first-order valence-corrected chi connectivity index (χ1v) is 14.3. The summed E-state index contributed by atoms with van der Waals surface area (Å²) in [5, 5.41) is 11.5. The van der Waals surface area contributed by atoms with Gasteiger partial charge in [0.1, 0.15) is 18.3 Å². The topological polar surface area (TPSA) is 99.1 Å². The van der Waals surface area contributed by atoms with Gasteiger partial charge in [0.05, 0.1) is 12.8 Å². The summed E-state index contributed by atoms with van der Waals surface area (Å²) >= 11 is 0. The van der Waals surface area contributed by atoms with E-state index in [1.807, 2.05) is 76.2 Å². The molecule has 0 aliphatic heterocycles. The van der Waals surface area contributed by atoms with Gasteiger partial charge in [0, 0.05) is 16.2 Å². The molecule has 37 heavy (non-hydrogen) atoms. The van der Waals surface area contributed by atoms with Crippen LogP contribution in [-0.4, -0.2) is 46.9 Å². The highest BCUT2D eigenvalue weighted by atomic mass is 16.6. The molecule has 0 fully saturated rings. The zero-order valence-corrected chi connectivity index (χ0v) is 25.8. The summed E-state index contributed by atoms with van der Waals surface area (Å²) in [6, 6.07) is 0. The Hall–Kier alpha value is -1.63. The third kappa shape index (κ3) is 9.26. The summed E-state index contributed by atoms with van der Waals surface area (Å²) in [4.78, 5) is 39.2. The molecule has 0 aromatic rings. The van der Waals surface area contributed by atoms with Crippen LogP contribution in [0, 0.1) is 16.2 Å². The zero-order valence-electron chi connectivity index (χ0n) is 25.8. The molecule has 3 unspecified atom stereocenters. The third-order valence-electron chi connectivity index (χ3n) is 9.94. The van der Waals surface area contributed by atoms with Gasteiger partial charge in [0.25, 0.3) is 0 Å². The highest BCUT2D eigenvalue weighted by Gasteiger charge is 2.47. The molecule has 0 heterocycles. The number of carbonyl (C=O) groups is 3. The van der Waals surface area contributed by atoms with Gasteiger partial charge < -0.3 is 19.3 Å². The van der Waals surface area contributed by atoms with E-state index in [-0.39, 0.29) is 16.2 Å². The number of hydrogen-bond donors (Lipinski definition) is 1. The molecule has 0 saturated carbocycles. The molecule has 0 aliphatic rings. The summed E-state index contributed by atoms with van der Waals surface area (Å²) < 4.78 is 17.0. The summed E-state index contributed by atoms with van der Waals surface area (Å²) in [6.07, 6.45) is 1.94. The van der Waals surface area contributed by atoms with E-state index in [4.69, 9.17) is 14.2 Å². The van der Waals surface area contributed by atoms with Gasteiger partial charge in [-0.2, -0.15) is 0 Å². The van der Waals surface area contributed by atoms with E-state index in [0.29, 0.717) is 0 Å². The SMILES string of the molecule is CCC(C)(CC)C(C)OC(=O)CC(O)(CC(=O)OC(C)C(C)(CC)CC)C(=O)OC(C)C(C)(CC)CC. The van der Waals surface area contributed by atoms with E-state index in [0.717, 1.165) is 38.5 Å². The van der Waals surface area contributed by atoms with Gasteiger partial charge >= 0.3 is 17.9 Å². The Labute approximate surface area is 226 Å². The van der Waals surface area contributed by atoms with Crippen LogP contribution in [0.3, 0.4) is 0 Å². The minimum absolute atomic E-state index is 0.244. The number of esters is 3. The first-order valence-electron chi connectivity index (χ1n) is 14.3. The average molecular weight is 529 g/mol. The van der Waals surface area contributed by atoms with E-state index in [1.165, 1.54) is 0 Å². The monoisotopic (exact) mass is 528 g/mol. The second-order valence-corrected chi connectivity index (χ2v) is 11.8. The molecule has 0 rings (SSSR count). The zero-order chi connectivity index (χ0) is 29.2. The van der Waals surface area contributed by atoms with Crippen molar-refractivity contribution in [3.8, 4) is 0 Å². The van der Waals surface area contributed by atoms with Gasteiger partial charge in [-0.1, -0.05) is 62.3 Å². The second-order valence-electron chi connectivity index (χ2n) is 11.8. The quantitative estimate of drug-likeness (QED) is 0.164. The van der Waals surface area contributed by atoms with Gasteiger partial charge in [0.15, 0.2) is 5.60 Å². The van der Waals surface area contributed by atoms with Gasteiger partial charge in [-0.25, -0.2) is 4.79 Å². The predicted octanol–water partition coefficient (Wildman–Crippen LogP) is 6.77. The highest BCUT2D eigenvalue weighted by Crippen LogP contribution is 2.36. The number of aliphatic hydroxyl groups is 1. The minimum Gasteiger partial charge on any atom is -0.462 e. The second kappa shape index (κ2) is 14.5. The van der Waals surface area contributed by atoms with Crippen LogP contribution in [0.2, 0.25) is 0 Å². The van der Waals surface area contributed by atoms with E-state index in [9.17, 15) is 19.5 Å². The molecular weight excluding hydrogens is 472 g/mol. The van der Waals surface area contributed by atoms with Crippen molar-refractivity contribution >= 4 is 17.9 Å². The van der Waals surface area contributed by atoms with E-state index in [2.05, 4.69) is 0 Å². The molecule has 0 spiro atoms. The minimum atomic E-state index is -2.39. The summed E-state index contributed by atoms with van der Waals surface area (Å²) in [5.74, 6) is -2.52. The summed E-state index contributed by atoms with van der Waals surface area (Å²) in [5.41, 5.74) is -3.19. The summed E-state index contributed by atoms with van der Waals surface area (Å²) in [6.45, 7) is 23.6. The largest absolute Gasteiger partial charge is 0.462 e. The van der Waals surface area contributed by atoms with Gasteiger partial charge in [-0.15, -0.1) is 0 Å². The average Bonchev–Trinajstić information content (AvgIpc) is 2.86. The smallest absolute Gasteiger partial charge is 0.339 e. The van der Waals surface area contributed by atoms with E-state index in [1.54, 1.807) is 6.92 Å². The normalized spacial score (nSPS) is 16.8. The van der Waals surface area contributed by atoms with Gasteiger partial charge in [-0.3, -0.25) is 9.59 Å². The van der Waals surface area contributed by atoms with Crippen LogP contribution in [0.4, 0.5) is 0 Å². The maximum Gasteiger partial charge on any atom is 0.339 e. The van der Waals surface area contributed by atoms with Crippen LogP contribution in [0.5, 0.6) is 0 Å². The van der Waals surface area contributed by atoms with Crippen LogP contribution in [0.15, 0.2) is 0 Å². The van der Waals surface area contributed by atoms with Crippen LogP contribution in [0.1, 0.15) is 134 Å². The van der Waals surface area contributed by atoms with Crippen molar-refractivity contribution in [2.24, 2.45) is 16.2 Å². The molecule has 218 valence electrons. The van der Waals surface area contributed by atoms with Crippen molar-refractivity contribution in [3.63, 3.8) is 0 Å². The molecule has 0 radical (unpaired) electrons. The fourth-order valence-electron chi connectivity index (χ4n) is 4.33. The molecule has 0 aromatic carbocycles. The van der Waals surface area contributed by atoms with Crippen molar-refractivity contribution in [3.05, 3.63) is 0 Å². The van der Waals surface area contributed by atoms with Crippen molar-refractivity contribution in [2.45, 2.75) is 158 Å². The summed E-state index contributed by atoms with van der Waals surface area (Å²) in [7, 11) is 0. The molecular formula is C30H56O7. The highest BCUT2D eigenvalue weighted by molar-refractivity contribution is 5.90. The Morgan fingerprint density at radius 1 is 0.568 bits per heavy atom. The van der Waals surface area contributed by atoms with Crippen LogP contribution < -0.4 is 0 Å². The van der Waals surface area contributed by atoms with Crippen molar-refractivity contribution < 1.29 is 33.7 Å². The van der Waals surface area contributed by atoms with E-state index >= 15 is 0 Å². The number of carbonyl (C=O) groups excluding carboxylic acids is 3. The molecule has 0 amide bonds. The predicted molar refractivity (Wildman–Crippen MR) is 147 cm³/mol. The number of rotatable bonds is 17. The molecule has 1 N–H and O–H groups in total.